The summed E-state index contributed by atoms with van der Waals surface area (Å²) in [5.74, 6) is 0.842. The summed E-state index contributed by atoms with van der Waals surface area (Å²) in [6.07, 6.45) is 6.37. The van der Waals surface area contributed by atoms with Gasteiger partial charge in [-0.05, 0) is 57.8 Å². The van der Waals surface area contributed by atoms with Crippen LogP contribution in [0.3, 0.4) is 0 Å². The molecule has 2 unspecified atom stereocenters. The van der Waals surface area contributed by atoms with Gasteiger partial charge in [0.05, 0.1) is 0 Å². The minimum Gasteiger partial charge on any atom is -0.444 e. The number of hydrogen-bond acceptors (Lipinski definition) is 3. The molecule has 0 aromatic carbocycles. The number of hydrogen-bond donors (Lipinski definition) is 1. The van der Waals surface area contributed by atoms with E-state index in [1.807, 2.05) is 20.8 Å². The fraction of sp³-hybridized carbons (Fsp3) is 0.947. The number of rotatable bonds is 2. The highest BCUT2D eigenvalue weighted by molar-refractivity contribution is 5.69. The summed E-state index contributed by atoms with van der Waals surface area (Å²) in [6.45, 7) is 14.4. The van der Waals surface area contributed by atoms with Crippen molar-refractivity contribution in [2.75, 3.05) is 13.1 Å². The normalized spacial score (nSPS) is 27.3. The van der Waals surface area contributed by atoms with Crippen molar-refractivity contribution in [2.45, 2.75) is 91.3 Å². The van der Waals surface area contributed by atoms with E-state index in [-0.39, 0.29) is 6.09 Å². The second-order valence-electron chi connectivity index (χ2n) is 9.52. The van der Waals surface area contributed by atoms with Gasteiger partial charge in [-0.2, -0.15) is 0 Å². The maximum atomic E-state index is 12.0. The first-order valence-electron chi connectivity index (χ1n) is 9.28. The molecule has 1 aliphatic heterocycles. The molecule has 1 heterocycles. The molecular formula is C19H36N2O2. The molecule has 23 heavy (non-hydrogen) atoms. The molecule has 0 aromatic heterocycles. The van der Waals surface area contributed by atoms with Gasteiger partial charge >= 0.3 is 6.09 Å². The maximum Gasteiger partial charge on any atom is 0.410 e. The molecular weight excluding hydrogens is 288 g/mol. The van der Waals surface area contributed by atoms with E-state index in [2.05, 4.69) is 26.1 Å². The van der Waals surface area contributed by atoms with E-state index in [1.165, 1.54) is 32.1 Å². The summed E-state index contributed by atoms with van der Waals surface area (Å²) in [4.78, 5) is 13.8. The fourth-order valence-corrected chi connectivity index (χ4v) is 3.73. The zero-order chi connectivity index (χ0) is 17.3. The molecule has 2 fully saturated rings. The number of ether oxygens (including phenoxy) is 1. The van der Waals surface area contributed by atoms with Gasteiger partial charge in [0, 0.05) is 25.2 Å². The first-order chi connectivity index (χ1) is 10.5. The molecule has 4 nitrogen and oxygen atoms in total. The van der Waals surface area contributed by atoms with Crippen molar-refractivity contribution in [2.24, 2.45) is 11.3 Å². The molecule has 0 radical (unpaired) electrons. The van der Waals surface area contributed by atoms with Crippen molar-refractivity contribution in [3.05, 3.63) is 0 Å². The molecule has 1 amide bonds. The van der Waals surface area contributed by atoms with Gasteiger partial charge in [0.1, 0.15) is 5.60 Å². The van der Waals surface area contributed by atoms with Crippen molar-refractivity contribution in [1.29, 1.82) is 0 Å². The van der Waals surface area contributed by atoms with E-state index in [0.717, 1.165) is 19.0 Å². The molecule has 1 saturated heterocycles. The largest absolute Gasteiger partial charge is 0.444 e. The summed E-state index contributed by atoms with van der Waals surface area (Å²) in [5, 5.41) is 3.77. The average Bonchev–Trinajstić information content (AvgIpc) is 2.55. The number of carbonyl (C=O) groups excluding carboxylic acids is 1. The number of carbonyl (C=O) groups is 1. The van der Waals surface area contributed by atoms with Crippen LogP contribution in [0.25, 0.3) is 0 Å². The minimum absolute atomic E-state index is 0.177. The number of nitrogens with zero attached hydrogens (tertiary/aromatic N) is 1. The van der Waals surface area contributed by atoms with Gasteiger partial charge in [-0.25, -0.2) is 4.79 Å². The molecule has 4 heteroatoms. The molecule has 1 saturated carbocycles. The van der Waals surface area contributed by atoms with Crippen molar-refractivity contribution in [3.63, 3.8) is 0 Å². The Morgan fingerprint density at radius 3 is 2.17 bits per heavy atom. The Hall–Kier alpha value is -0.770. The zero-order valence-corrected chi connectivity index (χ0v) is 15.9. The van der Waals surface area contributed by atoms with Crippen LogP contribution in [0.1, 0.15) is 73.6 Å². The highest BCUT2D eigenvalue weighted by Crippen LogP contribution is 2.37. The molecule has 1 aliphatic carbocycles. The lowest BCUT2D eigenvalue weighted by atomic mass is 9.76. The third kappa shape index (κ3) is 5.66. The van der Waals surface area contributed by atoms with E-state index in [1.54, 1.807) is 4.90 Å². The van der Waals surface area contributed by atoms with Crippen LogP contribution in [0, 0.1) is 11.3 Å². The van der Waals surface area contributed by atoms with Crippen LogP contribution in [0.5, 0.6) is 0 Å². The molecule has 1 N–H and O–H groups in total. The SMILES string of the molecule is CC(C)(C)OC(=O)N1CC(NC2CCCC(C(C)(C)C)CC2)C1. The highest BCUT2D eigenvalue weighted by Gasteiger charge is 2.35. The topological polar surface area (TPSA) is 41.6 Å². The Kier molecular flexibility index (Phi) is 5.65. The summed E-state index contributed by atoms with van der Waals surface area (Å²) in [7, 11) is 0. The standard InChI is InChI=1S/C19H36N2O2/c1-18(2,3)14-8-7-9-15(11-10-14)20-16-12-21(13-16)17(22)23-19(4,5)6/h14-16,20H,7-13H2,1-6H3. The van der Waals surface area contributed by atoms with Crippen LogP contribution >= 0.6 is 0 Å². The van der Waals surface area contributed by atoms with Gasteiger partial charge in [-0.1, -0.05) is 27.2 Å². The first-order valence-corrected chi connectivity index (χ1v) is 9.28. The van der Waals surface area contributed by atoms with Crippen molar-refractivity contribution < 1.29 is 9.53 Å². The van der Waals surface area contributed by atoms with Gasteiger partial charge in [0.25, 0.3) is 0 Å². The minimum atomic E-state index is -0.404. The molecule has 2 atom stereocenters. The molecule has 0 aromatic rings. The molecule has 0 spiro atoms. The zero-order valence-electron chi connectivity index (χ0n) is 15.9. The maximum absolute atomic E-state index is 12.0. The van der Waals surface area contributed by atoms with Gasteiger partial charge < -0.3 is 15.0 Å². The van der Waals surface area contributed by atoms with E-state index in [0.29, 0.717) is 17.5 Å². The van der Waals surface area contributed by atoms with E-state index in [9.17, 15) is 4.79 Å². The summed E-state index contributed by atoms with van der Waals surface area (Å²) in [6, 6.07) is 1.06. The lowest BCUT2D eigenvalue weighted by Crippen LogP contribution is -2.62. The summed E-state index contributed by atoms with van der Waals surface area (Å²) >= 11 is 0. The van der Waals surface area contributed by atoms with Gasteiger partial charge in [0.15, 0.2) is 0 Å². The third-order valence-corrected chi connectivity index (χ3v) is 5.20. The Balaban J connectivity index is 1.71. The quantitative estimate of drug-likeness (QED) is 0.774. The Labute approximate surface area is 142 Å². The molecule has 0 bridgehead atoms. The first kappa shape index (κ1) is 18.6. The van der Waals surface area contributed by atoms with Crippen molar-refractivity contribution in [3.8, 4) is 0 Å². The van der Waals surface area contributed by atoms with Crippen LogP contribution in [-0.2, 0) is 4.74 Å². The van der Waals surface area contributed by atoms with Gasteiger partial charge in [-0.15, -0.1) is 0 Å². The van der Waals surface area contributed by atoms with Gasteiger partial charge in [0.2, 0.25) is 0 Å². The predicted molar refractivity (Wildman–Crippen MR) is 94.5 cm³/mol. The van der Waals surface area contributed by atoms with Crippen molar-refractivity contribution in [1.82, 2.24) is 10.2 Å². The van der Waals surface area contributed by atoms with E-state index < -0.39 is 5.60 Å². The fourth-order valence-electron chi connectivity index (χ4n) is 3.73. The second kappa shape index (κ2) is 7.00. The van der Waals surface area contributed by atoms with E-state index in [4.69, 9.17) is 4.74 Å². The number of likely N-dealkylation sites (tertiary alicyclic amines) is 1. The Morgan fingerprint density at radius 1 is 0.957 bits per heavy atom. The Bertz CT molecular complexity index is 403. The molecule has 2 aliphatic rings. The van der Waals surface area contributed by atoms with Crippen molar-refractivity contribution >= 4 is 6.09 Å². The highest BCUT2D eigenvalue weighted by atomic mass is 16.6. The van der Waals surface area contributed by atoms with Crippen LogP contribution in [-0.4, -0.2) is 41.8 Å². The lowest BCUT2D eigenvalue weighted by Gasteiger charge is -2.41. The van der Waals surface area contributed by atoms with Crippen LogP contribution in [0.2, 0.25) is 0 Å². The molecule has 134 valence electrons. The average molecular weight is 325 g/mol. The predicted octanol–water partition coefficient (Wildman–Crippen LogP) is 4.19. The summed E-state index contributed by atoms with van der Waals surface area (Å²) < 4.78 is 5.41. The molecule has 2 rings (SSSR count). The van der Waals surface area contributed by atoms with Crippen LogP contribution in [0.15, 0.2) is 0 Å². The summed E-state index contributed by atoms with van der Waals surface area (Å²) in [5.41, 5.74) is 0.0255. The number of amides is 1. The monoisotopic (exact) mass is 324 g/mol. The third-order valence-electron chi connectivity index (χ3n) is 5.20. The van der Waals surface area contributed by atoms with Gasteiger partial charge in [-0.3, -0.25) is 0 Å². The van der Waals surface area contributed by atoms with Crippen LogP contribution in [0.4, 0.5) is 4.79 Å². The lowest BCUT2D eigenvalue weighted by molar-refractivity contribution is 0.00392. The second-order valence-corrected chi connectivity index (χ2v) is 9.52. The Morgan fingerprint density at radius 2 is 1.61 bits per heavy atom. The number of nitrogens with one attached hydrogen (secondary N) is 1. The van der Waals surface area contributed by atoms with E-state index >= 15 is 0 Å². The smallest absolute Gasteiger partial charge is 0.410 e. The van der Waals surface area contributed by atoms with Crippen LogP contribution < -0.4 is 5.32 Å².